The zero-order chi connectivity index (χ0) is 20.4. The first-order valence-corrected chi connectivity index (χ1v) is 10.7. The molecule has 158 valence electrons. The van der Waals surface area contributed by atoms with E-state index in [-0.39, 0.29) is 6.10 Å². The highest BCUT2D eigenvalue weighted by atomic mass is 16.5. The predicted molar refractivity (Wildman–Crippen MR) is 116 cm³/mol. The molecule has 1 aromatic rings. The van der Waals surface area contributed by atoms with E-state index < -0.39 is 0 Å². The third kappa shape index (κ3) is 6.99. The molecule has 1 aromatic carbocycles. The fourth-order valence-electron chi connectivity index (χ4n) is 3.41. The Kier molecular flexibility index (Phi) is 9.58. The van der Waals surface area contributed by atoms with E-state index in [1.54, 1.807) is 0 Å². The molecule has 2 N–H and O–H groups in total. The summed E-state index contributed by atoms with van der Waals surface area (Å²) >= 11 is 0. The lowest BCUT2D eigenvalue weighted by atomic mass is 10.1. The van der Waals surface area contributed by atoms with Crippen molar-refractivity contribution in [1.29, 1.82) is 0 Å². The van der Waals surface area contributed by atoms with Gasteiger partial charge < -0.3 is 20.1 Å². The molecular weight excluding hydrogens is 352 g/mol. The quantitative estimate of drug-likeness (QED) is 0.475. The molecule has 0 bridgehead atoms. The van der Waals surface area contributed by atoms with E-state index in [0.29, 0.717) is 19.2 Å². The maximum atomic E-state index is 6.20. The van der Waals surface area contributed by atoms with Crippen LogP contribution in [0.2, 0.25) is 0 Å². The molecule has 0 spiro atoms. The molecule has 0 saturated carbocycles. The van der Waals surface area contributed by atoms with Crippen molar-refractivity contribution in [2.75, 3.05) is 39.4 Å². The minimum absolute atomic E-state index is 0.144. The predicted octanol–water partition coefficient (Wildman–Crippen LogP) is 2.95. The summed E-state index contributed by atoms with van der Waals surface area (Å²) in [6.45, 7) is 16.7. The van der Waals surface area contributed by atoms with Gasteiger partial charge in [-0.15, -0.1) is 0 Å². The standard InChI is InChI=1S/C22H38N4O2/c1-6-23-22(24-14-18(5)26(7-2)8-3)25-15-19-10-9-17(4)13-21(19)28-20-11-12-27-16-20/h9-10,13,18,20H,6-8,11-12,14-16H2,1-5H3,(H2,23,24,25). The van der Waals surface area contributed by atoms with E-state index >= 15 is 0 Å². The van der Waals surface area contributed by atoms with Crippen molar-refractivity contribution in [1.82, 2.24) is 15.5 Å². The number of guanidine groups is 1. The van der Waals surface area contributed by atoms with Gasteiger partial charge in [0, 0.05) is 31.1 Å². The number of aryl methyl sites for hydroxylation is 1. The summed E-state index contributed by atoms with van der Waals surface area (Å²) in [5.41, 5.74) is 2.30. The molecule has 0 aliphatic carbocycles. The minimum Gasteiger partial charge on any atom is -0.488 e. The van der Waals surface area contributed by atoms with Crippen LogP contribution in [-0.2, 0) is 11.3 Å². The highest BCUT2D eigenvalue weighted by Crippen LogP contribution is 2.24. The monoisotopic (exact) mass is 390 g/mol. The number of likely N-dealkylation sites (N-methyl/N-ethyl adjacent to an activating group) is 1. The number of nitrogens with one attached hydrogen (secondary N) is 2. The summed E-state index contributed by atoms with van der Waals surface area (Å²) in [7, 11) is 0. The Bertz CT molecular complexity index is 611. The first-order valence-electron chi connectivity index (χ1n) is 10.7. The summed E-state index contributed by atoms with van der Waals surface area (Å²) in [6.07, 6.45) is 1.09. The fourth-order valence-corrected chi connectivity index (χ4v) is 3.41. The molecule has 2 rings (SSSR count). The zero-order valence-corrected chi connectivity index (χ0v) is 18.3. The largest absolute Gasteiger partial charge is 0.488 e. The summed E-state index contributed by atoms with van der Waals surface area (Å²) < 4.78 is 11.6. The van der Waals surface area contributed by atoms with Gasteiger partial charge in [0.15, 0.2) is 5.96 Å². The van der Waals surface area contributed by atoms with Gasteiger partial charge >= 0.3 is 0 Å². The van der Waals surface area contributed by atoms with Gasteiger partial charge in [0.05, 0.1) is 19.8 Å². The molecule has 6 heteroatoms. The van der Waals surface area contributed by atoms with Gasteiger partial charge in [-0.1, -0.05) is 26.0 Å². The molecule has 28 heavy (non-hydrogen) atoms. The third-order valence-electron chi connectivity index (χ3n) is 5.16. The number of aliphatic imine (C=N–C) groups is 1. The van der Waals surface area contributed by atoms with E-state index in [9.17, 15) is 0 Å². The maximum Gasteiger partial charge on any atom is 0.191 e. The van der Waals surface area contributed by atoms with Crippen LogP contribution in [0.1, 0.15) is 45.2 Å². The van der Waals surface area contributed by atoms with Crippen LogP contribution in [0.3, 0.4) is 0 Å². The second-order valence-corrected chi connectivity index (χ2v) is 7.36. The van der Waals surface area contributed by atoms with E-state index in [0.717, 1.165) is 56.5 Å². The Balaban J connectivity index is 2.02. The minimum atomic E-state index is 0.144. The van der Waals surface area contributed by atoms with Crippen LogP contribution in [0.15, 0.2) is 23.2 Å². The molecule has 0 radical (unpaired) electrons. The molecule has 1 heterocycles. The molecule has 0 aromatic heterocycles. The molecule has 1 aliphatic heterocycles. The first kappa shape index (κ1) is 22.5. The average Bonchev–Trinajstić information content (AvgIpc) is 3.19. The number of ether oxygens (including phenoxy) is 2. The number of benzene rings is 1. The second-order valence-electron chi connectivity index (χ2n) is 7.36. The Hall–Kier alpha value is -1.79. The number of rotatable bonds is 10. The zero-order valence-electron chi connectivity index (χ0n) is 18.3. The van der Waals surface area contributed by atoms with E-state index in [4.69, 9.17) is 14.5 Å². The van der Waals surface area contributed by atoms with E-state index in [2.05, 4.69) is 68.4 Å². The molecule has 1 saturated heterocycles. The highest BCUT2D eigenvalue weighted by molar-refractivity contribution is 5.79. The summed E-state index contributed by atoms with van der Waals surface area (Å²) in [5.74, 6) is 1.77. The van der Waals surface area contributed by atoms with Gasteiger partial charge in [-0.25, -0.2) is 4.99 Å². The van der Waals surface area contributed by atoms with Gasteiger partial charge in [0.1, 0.15) is 11.9 Å². The molecule has 6 nitrogen and oxygen atoms in total. The lowest BCUT2D eigenvalue weighted by Crippen LogP contribution is -2.46. The van der Waals surface area contributed by atoms with Crippen LogP contribution in [-0.4, -0.2) is 62.4 Å². The topological polar surface area (TPSA) is 58.1 Å². The number of hydrogen-bond acceptors (Lipinski definition) is 4. The first-order chi connectivity index (χ1) is 13.6. The molecule has 2 unspecified atom stereocenters. The molecule has 0 amide bonds. The van der Waals surface area contributed by atoms with Crippen molar-refractivity contribution < 1.29 is 9.47 Å². The van der Waals surface area contributed by atoms with Gasteiger partial charge in [0.2, 0.25) is 0 Å². The van der Waals surface area contributed by atoms with Crippen LogP contribution in [0, 0.1) is 6.92 Å². The average molecular weight is 391 g/mol. The van der Waals surface area contributed by atoms with Gasteiger partial charge in [-0.05, 0) is 45.5 Å². The summed E-state index contributed by atoms with van der Waals surface area (Å²) in [6, 6.07) is 6.79. The van der Waals surface area contributed by atoms with Gasteiger partial charge in [-0.3, -0.25) is 4.90 Å². The van der Waals surface area contributed by atoms with Gasteiger partial charge in [0.25, 0.3) is 0 Å². The molecule has 1 fully saturated rings. The van der Waals surface area contributed by atoms with Crippen LogP contribution < -0.4 is 15.4 Å². The number of nitrogens with zero attached hydrogens (tertiary/aromatic N) is 2. The lowest BCUT2D eigenvalue weighted by Gasteiger charge is -2.27. The van der Waals surface area contributed by atoms with Crippen molar-refractivity contribution in [3.63, 3.8) is 0 Å². The van der Waals surface area contributed by atoms with Crippen molar-refractivity contribution in [2.45, 2.75) is 59.7 Å². The molecular formula is C22H38N4O2. The molecule has 2 atom stereocenters. The fraction of sp³-hybridized carbons (Fsp3) is 0.682. The van der Waals surface area contributed by atoms with Crippen molar-refractivity contribution in [3.8, 4) is 5.75 Å². The van der Waals surface area contributed by atoms with Crippen LogP contribution in [0.25, 0.3) is 0 Å². The molecule has 1 aliphatic rings. The van der Waals surface area contributed by atoms with Crippen molar-refractivity contribution in [3.05, 3.63) is 29.3 Å². The summed E-state index contributed by atoms with van der Waals surface area (Å²) in [4.78, 5) is 7.23. The normalized spacial score (nSPS) is 18.4. The van der Waals surface area contributed by atoms with Crippen molar-refractivity contribution >= 4 is 5.96 Å². The number of hydrogen-bond donors (Lipinski definition) is 2. The van der Waals surface area contributed by atoms with Gasteiger partial charge in [-0.2, -0.15) is 0 Å². The smallest absolute Gasteiger partial charge is 0.191 e. The van der Waals surface area contributed by atoms with E-state index in [1.807, 2.05) is 0 Å². The van der Waals surface area contributed by atoms with E-state index in [1.165, 1.54) is 5.56 Å². The third-order valence-corrected chi connectivity index (χ3v) is 5.16. The Morgan fingerprint density at radius 2 is 2.07 bits per heavy atom. The Morgan fingerprint density at radius 1 is 1.29 bits per heavy atom. The van der Waals surface area contributed by atoms with Crippen LogP contribution in [0.4, 0.5) is 0 Å². The summed E-state index contributed by atoms with van der Waals surface area (Å²) in [5, 5.41) is 6.83. The Morgan fingerprint density at radius 3 is 2.71 bits per heavy atom. The Labute approximate surface area is 170 Å². The maximum absolute atomic E-state index is 6.20. The van der Waals surface area contributed by atoms with Crippen LogP contribution in [0.5, 0.6) is 5.75 Å². The van der Waals surface area contributed by atoms with Crippen molar-refractivity contribution in [2.24, 2.45) is 4.99 Å². The van der Waals surface area contributed by atoms with Crippen LogP contribution >= 0.6 is 0 Å². The SMILES string of the molecule is CCNC(=NCc1ccc(C)cc1OC1CCOC1)NCC(C)N(CC)CC. The second kappa shape index (κ2) is 11.9. The lowest BCUT2D eigenvalue weighted by molar-refractivity contribution is 0.140. The highest BCUT2D eigenvalue weighted by Gasteiger charge is 2.18.